The Labute approximate surface area is 311 Å². The SMILES string of the molecule is C=CC1CC1(NC(=O)C1Cc2cc(Oc3cccc(Cl)c3)ccc2CN1C(=O)C(Nc1cccc(C(C)(C)C)c1)C(C)C)C(=O)NS(=O)(=O)C1CC1. The Morgan fingerprint density at radius 2 is 1.71 bits per heavy atom. The zero-order valence-corrected chi connectivity index (χ0v) is 31.8. The third-order valence-electron chi connectivity index (χ3n) is 10.2. The molecule has 2 aliphatic carbocycles. The number of fused-ring (bicyclic) bond motifs is 1. The molecule has 0 radical (unpaired) electrons. The van der Waals surface area contributed by atoms with Gasteiger partial charge in [0, 0.05) is 29.6 Å². The molecular formula is C40H47ClN4O6S. The van der Waals surface area contributed by atoms with Crippen molar-refractivity contribution in [2.75, 3.05) is 5.32 Å². The Bertz CT molecular complexity index is 2010. The minimum Gasteiger partial charge on any atom is -0.457 e. The Morgan fingerprint density at radius 1 is 1.00 bits per heavy atom. The largest absolute Gasteiger partial charge is 0.457 e. The lowest BCUT2D eigenvalue weighted by atomic mass is 9.87. The number of amides is 3. The monoisotopic (exact) mass is 746 g/mol. The Morgan fingerprint density at radius 3 is 2.35 bits per heavy atom. The summed E-state index contributed by atoms with van der Waals surface area (Å²) in [5, 5.41) is 6.26. The van der Waals surface area contributed by atoms with Gasteiger partial charge in [0.2, 0.25) is 21.8 Å². The molecule has 0 spiro atoms. The number of hydrogen-bond acceptors (Lipinski definition) is 7. The van der Waals surface area contributed by atoms with Crippen molar-refractivity contribution < 1.29 is 27.5 Å². The molecule has 1 aliphatic heterocycles. The van der Waals surface area contributed by atoms with Gasteiger partial charge >= 0.3 is 0 Å². The zero-order valence-electron chi connectivity index (χ0n) is 30.2. The van der Waals surface area contributed by atoms with Gasteiger partial charge in [-0.2, -0.15) is 0 Å². The highest BCUT2D eigenvalue weighted by Crippen LogP contribution is 2.45. The van der Waals surface area contributed by atoms with Crippen molar-refractivity contribution in [1.29, 1.82) is 0 Å². The van der Waals surface area contributed by atoms with Crippen molar-refractivity contribution in [3.63, 3.8) is 0 Å². The molecule has 0 aromatic heterocycles. The van der Waals surface area contributed by atoms with E-state index in [1.165, 1.54) is 0 Å². The van der Waals surface area contributed by atoms with Crippen molar-refractivity contribution in [2.24, 2.45) is 11.8 Å². The molecule has 0 saturated heterocycles. The third-order valence-corrected chi connectivity index (χ3v) is 12.2. The van der Waals surface area contributed by atoms with Gasteiger partial charge in [0.25, 0.3) is 5.91 Å². The predicted molar refractivity (Wildman–Crippen MR) is 203 cm³/mol. The van der Waals surface area contributed by atoms with Crippen LogP contribution in [0.4, 0.5) is 5.69 Å². The summed E-state index contributed by atoms with van der Waals surface area (Å²) in [5.41, 5.74) is 1.97. The van der Waals surface area contributed by atoms with Crippen LogP contribution in [0.15, 0.2) is 79.4 Å². The van der Waals surface area contributed by atoms with Gasteiger partial charge in [0.1, 0.15) is 29.1 Å². The highest BCUT2D eigenvalue weighted by molar-refractivity contribution is 7.91. The number of hydrogen-bond donors (Lipinski definition) is 3. The van der Waals surface area contributed by atoms with E-state index < -0.39 is 50.6 Å². The average molecular weight is 747 g/mol. The van der Waals surface area contributed by atoms with Gasteiger partial charge in [-0.15, -0.1) is 6.58 Å². The van der Waals surface area contributed by atoms with Crippen LogP contribution in [0, 0.1) is 11.8 Å². The molecule has 0 bridgehead atoms. The van der Waals surface area contributed by atoms with Gasteiger partial charge in [0.15, 0.2) is 0 Å². The summed E-state index contributed by atoms with van der Waals surface area (Å²) >= 11 is 6.17. The molecule has 2 saturated carbocycles. The summed E-state index contributed by atoms with van der Waals surface area (Å²) in [5.74, 6) is -1.15. The minimum atomic E-state index is -3.86. The lowest BCUT2D eigenvalue weighted by molar-refractivity contribution is -0.144. The molecule has 2 fully saturated rings. The number of ether oxygens (including phenoxy) is 1. The van der Waals surface area contributed by atoms with E-state index in [-0.39, 0.29) is 36.6 Å². The van der Waals surface area contributed by atoms with E-state index in [9.17, 15) is 22.8 Å². The van der Waals surface area contributed by atoms with E-state index >= 15 is 0 Å². The topological polar surface area (TPSA) is 134 Å². The Hall–Kier alpha value is -4.35. The molecule has 12 heteroatoms. The second-order valence-corrected chi connectivity index (χ2v) is 18.0. The summed E-state index contributed by atoms with van der Waals surface area (Å²) in [6, 6.07) is 18.9. The first-order valence-corrected chi connectivity index (χ1v) is 19.7. The van der Waals surface area contributed by atoms with E-state index in [0.717, 1.165) is 22.4 Å². The molecule has 3 aromatic rings. The van der Waals surface area contributed by atoms with E-state index in [1.54, 1.807) is 35.2 Å². The van der Waals surface area contributed by atoms with Crippen LogP contribution in [-0.2, 0) is 42.8 Å². The zero-order chi connectivity index (χ0) is 37.6. The highest BCUT2D eigenvalue weighted by Gasteiger charge is 2.61. The van der Waals surface area contributed by atoms with E-state index in [4.69, 9.17) is 16.3 Å². The molecule has 3 amide bonds. The molecule has 3 aliphatic rings. The highest BCUT2D eigenvalue weighted by atomic mass is 35.5. The van der Waals surface area contributed by atoms with Crippen molar-refractivity contribution in [1.82, 2.24) is 14.9 Å². The Kier molecular flexibility index (Phi) is 10.2. The lowest BCUT2D eigenvalue weighted by Gasteiger charge is -2.39. The standard InChI is InChI=1S/C40H47ClN4O6S/c1-7-27-22-40(27,38(48)44-52(49,50)33-16-17-33)43-36(46)34-19-26-18-32(51-31-13-9-11-29(41)21-31)15-14-25(26)23-45(34)37(47)35(24(2)3)42-30-12-8-10-28(20-30)39(4,5)6/h7-15,18,20-21,24,27,33-35,42H,1,16-17,19,22-23H2,2-6H3,(H,43,46)(H,44,48). The molecule has 1 heterocycles. The number of rotatable bonds is 12. The summed E-state index contributed by atoms with van der Waals surface area (Å²) in [6.07, 6.45) is 2.86. The average Bonchev–Trinajstić information content (AvgIpc) is 4.02. The lowest BCUT2D eigenvalue weighted by Crippen LogP contribution is -2.61. The van der Waals surface area contributed by atoms with Crippen molar-refractivity contribution >= 4 is 45.0 Å². The quantitative estimate of drug-likeness (QED) is 0.181. The second kappa shape index (κ2) is 14.2. The van der Waals surface area contributed by atoms with Crippen LogP contribution in [0.25, 0.3) is 0 Å². The third kappa shape index (κ3) is 8.00. The number of anilines is 1. The van der Waals surface area contributed by atoms with Gasteiger partial charge in [-0.1, -0.05) is 76.6 Å². The molecule has 10 nitrogen and oxygen atoms in total. The van der Waals surface area contributed by atoms with Crippen LogP contribution in [0.1, 0.15) is 70.6 Å². The summed E-state index contributed by atoms with van der Waals surface area (Å²) < 4.78 is 33.8. The van der Waals surface area contributed by atoms with Crippen LogP contribution < -0.4 is 20.1 Å². The number of sulfonamides is 1. The van der Waals surface area contributed by atoms with Crippen LogP contribution in [-0.4, -0.2) is 53.9 Å². The van der Waals surface area contributed by atoms with Gasteiger partial charge < -0.3 is 20.3 Å². The maximum atomic E-state index is 14.7. The fourth-order valence-corrected chi connectivity index (χ4v) is 8.27. The maximum Gasteiger partial charge on any atom is 0.259 e. The molecule has 276 valence electrons. The maximum absolute atomic E-state index is 14.7. The predicted octanol–water partition coefficient (Wildman–Crippen LogP) is 6.49. The number of nitrogens with zero attached hydrogens (tertiary/aromatic N) is 1. The molecule has 4 atom stereocenters. The van der Waals surface area contributed by atoms with Gasteiger partial charge in [-0.05, 0) is 89.8 Å². The summed E-state index contributed by atoms with van der Waals surface area (Å²) in [4.78, 5) is 44.2. The number of benzene rings is 3. The molecule has 4 unspecified atom stereocenters. The fraction of sp³-hybridized carbons (Fsp3) is 0.425. The molecule has 3 aromatic carbocycles. The van der Waals surface area contributed by atoms with E-state index in [0.29, 0.717) is 29.4 Å². The molecule has 52 heavy (non-hydrogen) atoms. The van der Waals surface area contributed by atoms with Gasteiger partial charge in [-0.3, -0.25) is 19.1 Å². The number of nitrogens with one attached hydrogen (secondary N) is 3. The van der Waals surface area contributed by atoms with Crippen molar-refractivity contribution in [3.05, 3.63) is 101 Å². The fourth-order valence-electron chi connectivity index (χ4n) is 6.72. The number of carbonyl (C=O) groups excluding carboxylic acids is 3. The number of carbonyl (C=O) groups is 3. The van der Waals surface area contributed by atoms with E-state index in [1.807, 2.05) is 50.2 Å². The number of halogens is 1. The van der Waals surface area contributed by atoms with Gasteiger partial charge in [0.05, 0.1) is 5.25 Å². The molecular weight excluding hydrogens is 700 g/mol. The summed E-state index contributed by atoms with van der Waals surface area (Å²) in [6.45, 7) is 14.2. The van der Waals surface area contributed by atoms with Crippen molar-refractivity contribution in [2.45, 2.75) is 95.1 Å². The van der Waals surface area contributed by atoms with Crippen molar-refractivity contribution in [3.8, 4) is 11.5 Å². The van der Waals surface area contributed by atoms with Crippen LogP contribution in [0.5, 0.6) is 11.5 Å². The van der Waals surface area contributed by atoms with Crippen LogP contribution in [0.3, 0.4) is 0 Å². The van der Waals surface area contributed by atoms with Crippen LogP contribution >= 0.6 is 11.6 Å². The first-order chi connectivity index (χ1) is 24.5. The normalized spacial score (nSPS) is 21.8. The van der Waals surface area contributed by atoms with Gasteiger partial charge in [-0.25, -0.2) is 8.42 Å². The first-order valence-electron chi connectivity index (χ1n) is 17.7. The summed E-state index contributed by atoms with van der Waals surface area (Å²) in [7, 11) is -3.86. The van der Waals surface area contributed by atoms with Crippen LogP contribution in [0.2, 0.25) is 5.02 Å². The minimum absolute atomic E-state index is 0.101. The molecule has 3 N–H and O–H groups in total. The second-order valence-electron chi connectivity index (χ2n) is 15.6. The smallest absolute Gasteiger partial charge is 0.259 e. The molecule has 6 rings (SSSR count). The van der Waals surface area contributed by atoms with E-state index in [2.05, 4.69) is 48.8 Å². The Balaban J connectivity index is 1.32. The first kappa shape index (κ1) is 37.4.